The molecule has 0 atom stereocenters. The first-order chi connectivity index (χ1) is 6.74. The van der Waals surface area contributed by atoms with E-state index < -0.39 is 0 Å². The molecule has 0 saturated carbocycles. The molecule has 1 aromatic rings. The van der Waals surface area contributed by atoms with Crippen molar-refractivity contribution < 1.29 is 9.13 Å². The summed E-state index contributed by atoms with van der Waals surface area (Å²) >= 11 is 3.28. The minimum absolute atomic E-state index is 0.228. The van der Waals surface area contributed by atoms with Crippen LogP contribution in [-0.4, -0.2) is 6.61 Å². The molecule has 1 nitrogen and oxygen atoms in total. The predicted molar refractivity (Wildman–Crippen MR) is 58.6 cm³/mol. The topological polar surface area (TPSA) is 9.23 Å². The van der Waals surface area contributed by atoms with Gasteiger partial charge in [-0.15, -0.1) is 0 Å². The zero-order chi connectivity index (χ0) is 10.4. The quantitative estimate of drug-likeness (QED) is 0.592. The summed E-state index contributed by atoms with van der Waals surface area (Å²) in [5, 5.41) is 0. The Morgan fingerprint density at radius 2 is 2.29 bits per heavy atom. The van der Waals surface area contributed by atoms with E-state index in [1.54, 1.807) is 12.1 Å². The molecule has 0 aliphatic carbocycles. The van der Waals surface area contributed by atoms with Crippen LogP contribution in [0.25, 0.3) is 0 Å². The van der Waals surface area contributed by atoms with Crippen molar-refractivity contribution >= 4 is 15.9 Å². The Labute approximate surface area is 91.7 Å². The molecule has 0 fully saturated rings. The van der Waals surface area contributed by atoms with Gasteiger partial charge in [0.05, 0.1) is 13.2 Å². The fourth-order valence-corrected chi connectivity index (χ4v) is 1.40. The number of ether oxygens (including phenoxy) is 1. The Hall–Kier alpha value is -0.670. The van der Waals surface area contributed by atoms with Crippen molar-refractivity contribution in [1.82, 2.24) is 0 Å². The van der Waals surface area contributed by atoms with Gasteiger partial charge in [-0.2, -0.15) is 0 Å². The zero-order valence-corrected chi connectivity index (χ0v) is 9.55. The highest BCUT2D eigenvalue weighted by atomic mass is 79.9. The van der Waals surface area contributed by atoms with Gasteiger partial charge in [0.2, 0.25) is 0 Å². The maximum absolute atomic E-state index is 13.2. The molecule has 0 saturated heterocycles. The maximum Gasteiger partial charge on any atom is 0.128 e. The second kappa shape index (κ2) is 5.94. The standard InChI is InChI=1S/C11H12BrFO/c1-2-3-6-14-8-9-7-10(12)4-5-11(9)13/h2-5,7H,6,8H2,1H3/b3-2+. The Bertz CT molecular complexity index is 323. The van der Waals surface area contributed by atoms with Gasteiger partial charge in [-0.05, 0) is 25.1 Å². The highest BCUT2D eigenvalue weighted by Gasteiger charge is 2.01. The molecule has 3 heteroatoms. The molecule has 0 N–H and O–H groups in total. The third-order valence-electron chi connectivity index (χ3n) is 1.72. The van der Waals surface area contributed by atoms with Crippen molar-refractivity contribution in [3.63, 3.8) is 0 Å². The van der Waals surface area contributed by atoms with Crippen molar-refractivity contribution in [3.05, 3.63) is 46.2 Å². The molecule has 0 bridgehead atoms. The zero-order valence-electron chi connectivity index (χ0n) is 7.97. The number of allylic oxidation sites excluding steroid dienone is 1. The van der Waals surface area contributed by atoms with Crippen LogP contribution in [0.3, 0.4) is 0 Å². The molecule has 0 aliphatic rings. The molecule has 0 radical (unpaired) electrons. The lowest BCUT2D eigenvalue weighted by molar-refractivity contribution is 0.146. The molecule has 0 unspecified atom stereocenters. The van der Waals surface area contributed by atoms with E-state index in [2.05, 4.69) is 15.9 Å². The Morgan fingerprint density at radius 1 is 1.50 bits per heavy atom. The van der Waals surface area contributed by atoms with E-state index in [0.29, 0.717) is 18.8 Å². The summed E-state index contributed by atoms with van der Waals surface area (Å²) in [6.45, 7) is 2.74. The van der Waals surface area contributed by atoms with E-state index in [4.69, 9.17) is 4.74 Å². The van der Waals surface area contributed by atoms with Crippen molar-refractivity contribution in [3.8, 4) is 0 Å². The molecular formula is C11H12BrFO. The van der Waals surface area contributed by atoms with Crippen LogP contribution in [0.2, 0.25) is 0 Å². The van der Waals surface area contributed by atoms with E-state index in [1.165, 1.54) is 6.07 Å². The van der Waals surface area contributed by atoms with Crippen LogP contribution in [0.5, 0.6) is 0 Å². The normalized spacial score (nSPS) is 11.1. The van der Waals surface area contributed by atoms with E-state index in [9.17, 15) is 4.39 Å². The average Bonchev–Trinajstić information content (AvgIpc) is 2.18. The minimum Gasteiger partial charge on any atom is -0.373 e. The molecule has 0 spiro atoms. The summed E-state index contributed by atoms with van der Waals surface area (Å²) in [7, 11) is 0. The molecule has 1 aromatic carbocycles. The second-order valence-electron chi connectivity index (χ2n) is 2.82. The molecule has 0 aromatic heterocycles. The van der Waals surface area contributed by atoms with E-state index >= 15 is 0 Å². The van der Waals surface area contributed by atoms with E-state index in [1.807, 2.05) is 19.1 Å². The molecule has 1 rings (SSSR count). The van der Waals surface area contributed by atoms with Gasteiger partial charge in [0.15, 0.2) is 0 Å². The average molecular weight is 259 g/mol. The van der Waals surface area contributed by atoms with Gasteiger partial charge in [0.25, 0.3) is 0 Å². The lowest BCUT2D eigenvalue weighted by Crippen LogP contribution is -1.96. The minimum atomic E-state index is -0.228. The van der Waals surface area contributed by atoms with Crippen LogP contribution in [0.15, 0.2) is 34.8 Å². The number of halogens is 2. The third kappa shape index (κ3) is 3.60. The fraction of sp³-hybridized carbons (Fsp3) is 0.273. The second-order valence-corrected chi connectivity index (χ2v) is 3.74. The van der Waals surface area contributed by atoms with Gasteiger partial charge >= 0.3 is 0 Å². The first-order valence-electron chi connectivity index (χ1n) is 4.37. The molecule has 76 valence electrons. The smallest absolute Gasteiger partial charge is 0.128 e. The molecular weight excluding hydrogens is 247 g/mol. The summed E-state index contributed by atoms with van der Waals surface area (Å²) in [5.74, 6) is -0.228. The fourth-order valence-electron chi connectivity index (χ4n) is 0.987. The SMILES string of the molecule is C/C=C/COCc1cc(Br)ccc1F. The van der Waals surface area contributed by atoms with Crippen LogP contribution in [-0.2, 0) is 11.3 Å². The third-order valence-corrected chi connectivity index (χ3v) is 2.21. The summed E-state index contributed by atoms with van der Waals surface area (Å²) in [6.07, 6.45) is 3.78. The number of rotatable bonds is 4. The van der Waals surface area contributed by atoms with Crippen LogP contribution in [0, 0.1) is 5.82 Å². The van der Waals surface area contributed by atoms with Gasteiger partial charge < -0.3 is 4.74 Å². The monoisotopic (exact) mass is 258 g/mol. The van der Waals surface area contributed by atoms with Crippen molar-refractivity contribution in [2.75, 3.05) is 6.61 Å². The van der Waals surface area contributed by atoms with Crippen LogP contribution < -0.4 is 0 Å². The highest BCUT2D eigenvalue weighted by Crippen LogP contribution is 2.16. The lowest BCUT2D eigenvalue weighted by Gasteiger charge is -2.03. The van der Waals surface area contributed by atoms with Crippen molar-refractivity contribution in [2.24, 2.45) is 0 Å². The maximum atomic E-state index is 13.2. The molecule has 0 aliphatic heterocycles. The van der Waals surface area contributed by atoms with Crippen LogP contribution >= 0.6 is 15.9 Å². The molecule has 14 heavy (non-hydrogen) atoms. The summed E-state index contributed by atoms with van der Waals surface area (Å²) in [5.41, 5.74) is 0.573. The lowest BCUT2D eigenvalue weighted by atomic mass is 10.2. The summed E-state index contributed by atoms with van der Waals surface area (Å²) < 4.78 is 19.3. The largest absolute Gasteiger partial charge is 0.373 e. The summed E-state index contributed by atoms with van der Waals surface area (Å²) in [4.78, 5) is 0. The Morgan fingerprint density at radius 3 is 3.00 bits per heavy atom. The number of hydrogen-bond acceptors (Lipinski definition) is 1. The number of hydrogen-bond donors (Lipinski definition) is 0. The first kappa shape index (κ1) is 11.4. The van der Waals surface area contributed by atoms with Gasteiger partial charge in [0, 0.05) is 10.0 Å². The Balaban J connectivity index is 2.53. The van der Waals surface area contributed by atoms with Crippen LogP contribution in [0.1, 0.15) is 12.5 Å². The van der Waals surface area contributed by atoms with Gasteiger partial charge in [-0.1, -0.05) is 28.1 Å². The van der Waals surface area contributed by atoms with Gasteiger partial charge in [0.1, 0.15) is 5.82 Å². The molecule has 0 amide bonds. The first-order valence-corrected chi connectivity index (χ1v) is 5.16. The van der Waals surface area contributed by atoms with Crippen LogP contribution in [0.4, 0.5) is 4.39 Å². The predicted octanol–water partition coefficient (Wildman–Crippen LogP) is 3.68. The highest BCUT2D eigenvalue weighted by molar-refractivity contribution is 9.10. The van der Waals surface area contributed by atoms with Crippen molar-refractivity contribution in [2.45, 2.75) is 13.5 Å². The number of benzene rings is 1. The van der Waals surface area contributed by atoms with Gasteiger partial charge in [-0.25, -0.2) is 4.39 Å². The van der Waals surface area contributed by atoms with E-state index in [-0.39, 0.29) is 5.82 Å². The van der Waals surface area contributed by atoms with E-state index in [0.717, 1.165) is 4.47 Å². The van der Waals surface area contributed by atoms with Crippen molar-refractivity contribution in [1.29, 1.82) is 0 Å². The Kier molecular flexibility index (Phi) is 4.84. The summed E-state index contributed by atoms with van der Waals surface area (Å²) in [6, 6.07) is 4.83. The van der Waals surface area contributed by atoms with Gasteiger partial charge in [-0.3, -0.25) is 0 Å². The molecule has 0 heterocycles.